The molecule has 3 aromatic carbocycles. The number of rotatable bonds is 6. The Morgan fingerprint density at radius 3 is 2.10 bits per heavy atom. The predicted octanol–water partition coefficient (Wildman–Crippen LogP) is 6.51. The van der Waals surface area contributed by atoms with Gasteiger partial charge in [-0.2, -0.15) is 0 Å². The molecule has 1 aromatic heterocycles. The summed E-state index contributed by atoms with van der Waals surface area (Å²) in [6.07, 6.45) is 7.58. The smallest absolute Gasteiger partial charge is 0.123 e. The third kappa shape index (κ3) is 4.08. The number of ether oxygens (including phenoxy) is 2. The Bertz CT molecular complexity index is 1150. The van der Waals surface area contributed by atoms with Crippen molar-refractivity contribution >= 4 is 12.2 Å². The van der Waals surface area contributed by atoms with Gasteiger partial charge in [-0.25, -0.2) is 0 Å². The molecule has 0 atom stereocenters. The van der Waals surface area contributed by atoms with Crippen LogP contribution in [-0.2, 0) is 0 Å². The van der Waals surface area contributed by atoms with Crippen molar-refractivity contribution in [1.82, 2.24) is 0 Å². The van der Waals surface area contributed by atoms with Crippen LogP contribution in [0.3, 0.4) is 0 Å². The van der Waals surface area contributed by atoms with E-state index in [9.17, 15) is 5.11 Å². The fourth-order valence-corrected chi connectivity index (χ4v) is 3.37. The Labute approximate surface area is 175 Å². The molecule has 0 amide bonds. The zero-order chi connectivity index (χ0) is 20.9. The highest BCUT2D eigenvalue weighted by Crippen LogP contribution is 2.36. The Morgan fingerprint density at radius 1 is 0.733 bits per heavy atom. The minimum Gasteiger partial charge on any atom is -0.508 e. The molecule has 1 N–H and O–H groups in total. The molecule has 0 fully saturated rings. The number of methoxy groups -OCH3 is 2. The van der Waals surface area contributed by atoms with Crippen molar-refractivity contribution in [1.29, 1.82) is 0 Å². The third-order valence-electron chi connectivity index (χ3n) is 4.92. The SMILES string of the molecule is COc1cc(/C=C/c2ccccc2-c2cocc2-c2ccc(O)cc2)cc(OC)c1. The number of furan rings is 1. The number of phenolic OH excluding ortho intramolecular Hbond substituents is 1. The van der Waals surface area contributed by atoms with E-state index in [2.05, 4.69) is 18.2 Å². The first-order chi connectivity index (χ1) is 14.7. The van der Waals surface area contributed by atoms with Crippen LogP contribution in [0.25, 0.3) is 34.4 Å². The molecular weight excluding hydrogens is 376 g/mol. The highest BCUT2D eigenvalue weighted by atomic mass is 16.5. The van der Waals surface area contributed by atoms with Crippen LogP contribution in [0.5, 0.6) is 17.2 Å². The summed E-state index contributed by atoms with van der Waals surface area (Å²) in [6.45, 7) is 0. The fraction of sp³-hybridized carbons (Fsp3) is 0.0769. The number of aromatic hydroxyl groups is 1. The molecule has 0 saturated carbocycles. The lowest BCUT2D eigenvalue weighted by Crippen LogP contribution is -1.88. The molecule has 0 saturated heterocycles. The van der Waals surface area contributed by atoms with Crippen molar-refractivity contribution in [2.24, 2.45) is 0 Å². The highest BCUT2D eigenvalue weighted by molar-refractivity contribution is 5.88. The van der Waals surface area contributed by atoms with Gasteiger partial charge < -0.3 is 19.0 Å². The van der Waals surface area contributed by atoms with Gasteiger partial charge in [0.05, 0.1) is 26.7 Å². The summed E-state index contributed by atoms with van der Waals surface area (Å²) in [4.78, 5) is 0. The van der Waals surface area contributed by atoms with Crippen LogP contribution in [0.15, 0.2) is 83.7 Å². The van der Waals surface area contributed by atoms with E-state index >= 15 is 0 Å². The molecule has 4 nitrogen and oxygen atoms in total. The van der Waals surface area contributed by atoms with Crippen molar-refractivity contribution in [3.63, 3.8) is 0 Å². The molecule has 0 radical (unpaired) electrons. The molecule has 0 aliphatic heterocycles. The summed E-state index contributed by atoms with van der Waals surface area (Å²) >= 11 is 0. The molecule has 4 aromatic rings. The minimum atomic E-state index is 0.237. The van der Waals surface area contributed by atoms with Crippen LogP contribution in [-0.4, -0.2) is 19.3 Å². The molecule has 0 bridgehead atoms. The summed E-state index contributed by atoms with van der Waals surface area (Å²) in [7, 11) is 3.28. The van der Waals surface area contributed by atoms with Crippen LogP contribution < -0.4 is 9.47 Å². The fourth-order valence-electron chi connectivity index (χ4n) is 3.37. The quantitative estimate of drug-likeness (QED) is 0.376. The van der Waals surface area contributed by atoms with Gasteiger partial charge in [0.15, 0.2) is 0 Å². The third-order valence-corrected chi connectivity index (χ3v) is 4.92. The van der Waals surface area contributed by atoms with Gasteiger partial charge in [0.1, 0.15) is 17.2 Å². The summed E-state index contributed by atoms with van der Waals surface area (Å²) in [5.74, 6) is 1.72. The van der Waals surface area contributed by atoms with E-state index in [0.717, 1.165) is 44.9 Å². The normalized spacial score (nSPS) is 11.0. The number of benzene rings is 3. The minimum absolute atomic E-state index is 0.237. The summed E-state index contributed by atoms with van der Waals surface area (Å²) in [5, 5.41) is 9.59. The first-order valence-electron chi connectivity index (χ1n) is 9.54. The van der Waals surface area contributed by atoms with Gasteiger partial charge in [0.2, 0.25) is 0 Å². The molecule has 0 unspecified atom stereocenters. The molecule has 150 valence electrons. The topological polar surface area (TPSA) is 51.8 Å². The number of hydrogen-bond acceptors (Lipinski definition) is 4. The number of phenols is 1. The average molecular weight is 398 g/mol. The van der Waals surface area contributed by atoms with Gasteiger partial charge in [-0.1, -0.05) is 48.6 Å². The van der Waals surface area contributed by atoms with E-state index in [-0.39, 0.29) is 5.75 Å². The first kappa shape index (κ1) is 19.4. The predicted molar refractivity (Wildman–Crippen MR) is 120 cm³/mol. The van der Waals surface area contributed by atoms with Crippen molar-refractivity contribution in [2.75, 3.05) is 14.2 Å². The van der Waals surface area contributed by atoms with E-state index in [0.29, 0.717) is 0 Å². The summed E-state index contributed by atoms with van der Waals surface area (Å²) < 4.78 is 16.3. The van der Waals surface area contributed by atoms with Gasteiger partial charge >= 0.3 is 0 Å². The van der Waals surface area contributed by atoms with Crippen molar-refractivity contribution in [3.8, 4) is 39.5 Å². The lowest BCUT2D eigenvalue weighted by Gasteiger charge is -2.08. The Morgan fingerprint density at radius 2 is 1.40 bits per heavy atom. The molecule has 0 aliphatic rings. The van der Waals surface area contributed by atoms with Gasteiger partial charge in [0.25, 0.3) is 0 Å². The Balaban J connectivity index is 1.72. The molecule has 4 rings (SSSR count). The van der Waals surface area contributed by atoms with Crippen LogP contribution in [0.2, 0.25) is 0 Å². The standard InChI is InChI=1S/C26H22O4/c1-28-22-13-18(14-23(15-22)29-2)7-8-19-5-3-4-6-24(19)26-17-30-16-25(26)20-9-11-21(27)12-10-20/h3-17,27H,1-2H3/b8-7+. The van der Waals surface area contributed by atoms with E-state index in [1.165, 1.54) is 0 Å². The zero-order valence-corrected chi connectivity index (χ0v) is 16.8. The van der Waals surface area contributed by atoms with Crippen molar-refractivity contribution < 1.29 is 19.0 Å². The number of hydrogen-bond donors (Lipinski definition) is 1. The molecule has 4 heteroatoms. The van der Waals surface area contributed by atoms with Crippen LogP contribution >= 0.6 is 0 Å². The lowest BCUT2D eigenvalue weighted by molar-refractivity contribution is 0.394. The monoisotopic (exact) mass is 398 g/mol. The second kappa shape index (κ2) is 8.62. The molecule has 30 heavy (non-hydrogen) atoms. The van der Waals surface area contributed by atoms with Gasteiger partial charge in [0, 0.05) is 17.2 Å². The van der Waals surface area contributed by atoms with Crippen molar-refractivity contribution in [2.45, 2.75) is 0 Å². The zero-order valence-electron chi connectivity index (χ0n) is 16.8. The lowest BCUT2D eigenvalue weighted by atomic mass is 9.95. The van der Waals surface area contributed by atoms with Crippen LogP contribution in [0.1, 0.15) is 11.1 Å². The van der Waals surface area contributed by atoms with E-state index in [1.807, 2.05) is 48.5 Å². The maximum Gasteiger partial charge on any atom is 0.123 e. The second-order valence-electron chi connectivity index (χ2n) is 6.81. The summed E-state index contributed by atoms with van der Waals surface area (Å²) in [6, 6.07) is 21.0. The highest BCUT2D eigenvalue weighted by Gasteiger charge is 2.12. The molecule has 0 spiro atoms. The Hall–Kier alpha value is -3.92. The van der Waals surface area contributed by atoms with Gasteiger partial charge in [-0.3, -0.25) is 0 Å². The van der Waals surface area contributed by atoms with Gasteiger partial charge in [-0.15, -0.1) is 0 Å². The van der Waals surface area contributed by atoms with Crippen molar-refractivity contribution in [3.05, 3.63) is 90.4 Å². The average Bonchev–Trinajstić information content (AvgIpc) is 3.27. The summed E-state index contributed by atoms with van der Waals surface area (Å²) in [5.41, 5.74) is 6.03. The van der Waals surface area contributed by atoms with Gasteiger partial charge in [-0.05, 0) is 46.5 Å². The van der Waals surface area contributed by atoms with Crippen LogP contribution in [0, 0.1) is 0 Å². The second-order valence-corrected chi connectivity index (χ2v) is 6.81. The Kier molecular flexibility index (Phi) is 5.57. The van der Waals surface area contributed by atoms with E-state index < -0.39 is 0 Å². The van der Waals surface area contributed by atoms with E-state index in [4.69, 9.17) is 13.9 Å². The van der Waals surface area contributed by atoms with E-state index in [1.54, 1.807) is 38.9 Å². The molecule has 0 aliphatic carbocycles. The molecule has 1 heterocycles. The molecular formula is C26H22O4. The largest absolute Gasteiger partial charge is 0.508 e. The maximum absolute atomic E-state index is 9.59. The van der Waals surface area contributed by atoms with Crippen LogP contribution in [0.4, 0.5) is 0 Å². The first-order valence-corrected chi connectivity index (χ1v) is 9.54. The maximum atomic E-state index is 9.59.